The number of nitrogens with zero attached hydrogens (tertiary/aromatic N) is 1. The Morgan fingerprint density at radius 1 is 1.50 bits per heavy atom. The summed E-state index contributed by atoms with van der Waals surface area (Å²) in [7, 11) is 0. The highest BCUT2D eigenvalue weighted by Gasteiger charge is 2.28. The second-order valence-corrected chi connectivity index (χ2v) is 4.97. The zero-order valence-corrected chi connectivity index (χ0v) is 9.97. The molecule has 88 valence electrons. The first kappa shape index (κ1) is 11.4. The van der Waals surface area contributed by atoms with Gasteiger partial charge in [-0.15, -0.1) is 0 Å². The summed E-state index contributed by atoms with van der Waals surface area (Å²) in [6.07, 6.45) is 1.96. The van der Waals surface area contributed by atoms with E-state index in [9.17, 15) is 9.59 Å². The van der Waals surface area contributed by atoms with Crippen molar-refractivity contribution >= 4 is 28.7 Å². The first-order valence-corrected chi connectivity index (χ1v) is 6.48. The molecule has 0 aromatic heterocycles. The molecule has 2 aliphatic heterocycles. The Kier molecular flexibility index (Phi) is 3.48. The molecule has 0 aliphatic carbocycles. The van der Waals surface area contributed by atoms with E-state index in [0.717, 1.165) is 17.3 Å². The van der Waals surface area contributed by atoms with Crippen LogP contribution in [-0.2, 0) is 9.59 Å². The number of rotatable bonds is 2. The molecule has 2 saturated heterocycles. The highest BCUT2D eigenvalue weighted by Crippen LogP contribution is 2.18. The number of imide groups is 1. The summed E-state index contributed by atoms with van der Waals surface area (Å²) in [4.78, 5) is 26.8. The third-order valence-electron chi connectivity index (χ3n) is 2.72. The van der Waals surface area contributed by atoms with Crippen LogP contribution in [0.1, 0.15) is 26.2 Å². The summed E-state index contributed by atoms with van der Waals surface area (Å²) in [5, 5.41) is 6.41. The molecule has 0 bridgehead atoms. The molecule has 2 N–H and O–H groups in total. The van der Waals surface area contributed by atoms with E-state index in [1.165, 1.54) is 0 Å². The van der Waals surface area contributed by atoms with E-state index in [-0.39, 0.29) is 11.8 Å². The van der Waals surface area contributed by atoms with Gasteiger partial charge >= 0.3 is 0 Å². The second kappa shape index (κ2) is 4.86. The molecule has 0 spiro atoms. The van der Waals surface area contributed by atoms with Crippen molar-refractivity contribution in [2.75, 3.05) is 5.75 Å². The average molecular weight is 241 g/mol. The lowest BCUT2D eigenvalue weighted by Crippen LogP contribution is -2.43. The zero-order chi connectivity index (χ0) is 11.5. The predicted octanol–water partition coefficient (Wildman–Crippen LogP) is 0.263. The highest BCUT2D eigenvalue weighted by molar-refractivity contribution is 8.14. The van der Waals surface area contributed by atoms with Gasteiger partial charge < -0.3 is 5.32 Å². The molecule has 16 heavy (non-hydrogen) atoms. The van der Waals surface area contributed by atoms with Crippen molar-refractivity contribution in [3.63, 3.8) is 0 Å². The molecular weight excluding hydrogens is 226 g/mol. The Morgan fingerprint density at radius 2 is 2.31 bits per heavy atom. The molecule has 6 heteroatoms. The van der Waals surface area contributed by atoms with Crippen LogP contribution in [0.2, 0.25) is 0 Å². The number of carbonyl (C=O) groups excluding carboxylic acids is 2. The van der Waals surface area contributed by atoms with Crippen LogP contribution in [0.5, 0.6) is 0 Å². The van der Waals surface area contributed by atoms with Crippen molar-refractivity contribution in [2.24, 2.45) is 4.99 Å². The Morgan fingerprint density at radius 3 is 2.94 bits per heavy atom. The molecular formula is C10H15N3O2S. The minimum atomic E-state index is -0.400. The van der Waals surface area contributed by atoms with Crippen LogP contribution in [0.15, 0.2) is 4.99 Å². The molecule has 0 saturated carbocycles. The fourth-order valence-corrected chi connectivity index (χ4v) is 2.81. The summed E-state index contributed by atoms with van der Waals surface area (Å²) in [5.74, 6) is 0.536. The van der Waals surface area contributed by atoms with E-state index in [1.807, 2.05) is 0 Å². The minimum absolute atomic E-state index is 0.195. The molecule has 0 radical (unpaired) electrons. The molecule has 0 aromatic carbocycles. The van der Waals surface area contributed by atoms with Crippen LogP contribution in [0, 0.1) is 0 Å². The Hall–Kier alpha value is -1.04. The lowest BCUT2D eigenvalue weighted by atomic mass is 10.1. The molecule has 0 aromatic rings. The number of nitrogens with one attached hydrogen (secondary N) is 2. The van der Waals surface area contributed by atoms with Gasteiger partial charge in [0.25, 0.3) is 5.91 Å². The van der Waals surface area contributed by atoms with E-state index < -0.39 is 6.04 Å². The Labute approximate surface area is 98.5 Å². The first-order chi connectivity index (χ1) is 7.69. The molecule has 2 heterocycles. The number of piperidine rings is 1. The number of hydrogen-bond donors (Lipinski definition) is 2. The van der Waals surface area contributed by atoms with Gasteiger partial charge in [0.05, 0.1) is 0 Å². The summed E-state index contributed by atoms with van der Waals surface area (Å²) >= 11 is 1.65. The molecule has 2 unspecified atom stereocenters. The van der Waals surface area contributed by atoms with Crippen molar-refractivity contribution in [1.29, 1.82) is 0 Å². The molecule has 2 rings (SSSR count). The summed E-state index contributed by atoms with van der Waals surface area (Å²) in [5.41, 5.74) is 0. The Bertz CT molecular complexity index is 343. The van der Waals surface area contributed by atoms with Crippen molar-refractivity contribution in [1.82, 2.24) is 10.6 Å². The topological polar surface area (TPSA) is 70.6 Å². The van der Waals surface area contributed by atoms with Gasteiger partial charge in [-0.1, -0.05) is 18.7 Å². The highest BCUT2D eigenvalue weighted by atomic mass is 32.2. The quantitative estimate of drug-likeness (QED) is 0.680. The SMILES string of the molecule is CCC1CSC(=NC2CCC(=O)NC2=O)N1. The van der Waals surface area contributed by atoms with Gasteiger partial charge in [-0.2, -0.15) is 0 Å². The van der Waals surface area contributed by atoms with Gasteiger partial charge in [0.2, 0.25) is 5.91 Å². The van der Waals surface area contributed by atoms with E-state index >= 15 is 0 Å². The number of amides is 2. The fraction of sp³-hybridized carbons (Fsp3) is 0.700. The number of thioether (sulfide) groups is 1. The zero-order valence-electron chi connectivity index (χ0n) is 9.16. The van der Waals surface area contributed by atoms with Gasteiger partial charge in [0.15, 0.2) is 5.17 Å². The number of hydrogen-bond acceptors (Lipinski definition) is 4. The largest absolute Gasteiger partial charge is 0.361 e. The van der Waals surface area contributed by atoms with E-state index in [2.05, 4.69) is 22.5 Å². The van der Waals surface area contributed by atoms with Crippen molar-refractivity contribution in [2.45, 2.75) is 38.3 Å². The molecule has 2 fully saturated rings. The third-order valence-corrected chi connectivity index (χ3v) is 3.79. The maximum Gasteiger partial charge on any atom is 0.251 e. The summed E-state index contributed by atoms with van der Waals surface area (Å²) in [6, 6.07) is 0.0559. The van der Waals surface area contributed by atoms with Crippen LogP contribution in [-0.4, -0.2) is 34.8 Å². The monoisotopic (exact) mass is 241 g/mol. The van der Waals surface area contributed by atoms with Gasteiger partial charge in [-0.05, 0) is 12.8 Å². The maximum atomic E-state index is 11.5. The fourth-order valence-electron chi connectivity index (χ4n) is 1.68. The third kappa shape index (κ3) is 2.55. The predicted molar refractivity (Wildman–Crippen MR) is 63.3 cm³/mol. The lowest BCUT2D eigenvalue weighted by Gasteiger charge is -2.17. The lowest BCUT2D eigenvalue weighted by molar-refractivity contribution is -0.133. The second-order valence-electron chi connectivity index (χ2n) is 3.96. The average Bonchev–Trinajstić information content (AvgIpc) is 2.70. The molecule has 5 nitrogen and oxygen atoms in total. The minimum Gasteiger partial charge on any atom is -0.361 e. The number of amidine groups is 1. The van der Waals surface area contributed by atoms with Crippen molar-refractivity contribution in [3.05, 3.63) is 0 Å². The van der Waals surface area contributed by atoms with Crippen LogP contribution in [0.3, 0.4) is 0 Å². The van der Waals surface area contributed by atoms with Crippen molar-refractivity contribution in [3.8, 4) is 0 Å². The van der Waals surface area contributed by atoms with E-state index in [4.69, 9.17) is 0 Å². The van der Waals surface area contributed by atoms with E-state index in [1.54, 1.807) is 11.8 Å². The first-order valence-electron chi connectivity index (χ1n) is 5.50. The standard InChI is InChI=1S/C10H15N3O2S/c1-2-6-5-16-10(11-6)12-7-3-4-8(14)13-9(7)15/h6-7H,2-5H2,1H3,(H,11,12)(H,13,14,15). The maximum absolute atomic E-state index is 11.5. The molecule has 2 amide bonds. The molecule has 2 aliphatic rings. The van der Waals surface area contributed by atoms with Gasteiger partial charge in [-0.3, -0.25) is 14.9 Å². The number of aliphatic imine (C=N–C) groups is 1. The Balaban J connectivity index is 1.96. The number of carbonyl (C=O) groups is 2. The van der Waals surface area contributed by atoms with Gasteiger partial charge in [0.1, 0.15) is 6.04 Å². The van der Waals surface area contributed by atoms with E-state index in [0.29, 0.717) is 18.9 Å². The normalized spacial score (nSPS) is 32.7. The van der Waals surface area contributed by atoms with Gasteiger partial charge in [-0.25, -0.2) is 4.99 Å². The molecule has 2 atom stereocenters. The summed E-state index contributed by atoms with van der Waals surface area (Å²) < 4.78 is 0. The van der Waals surface area contributed by atoms with Crippen molar-refractivity contribution < 1.29 is 9.59 Å². The van der Waals surface area contributed by atoms with Crippen LogP contribution in [0.4, 0.5) is 0 Å². The van der Waals surface area contributed by atoms with Crippen LogP contribution >= 0.6 is 11.8 Å². The summed E-state index contributed by atoms with van der Waals surface area (Å²) in [6.45, 7) is 2.12. The smallest absolute Gasteiger partial charge is 0.251 e. The van der Waals surface area contributed by atoms with Gasteiger partial charge in [0, 0.05) is 18.2 Å². The van der Waals surface area contributed by atoms with Crippen LogP contribution in [0.25, 0.3) is 0 Å². The van der Waals surface area contributed by atoms with Crippen LogP contribution < -0.4 is 10.6 Å².